The first-order chi connectivity index (χ1) is 12.6. The maximum atomic E-state index is 9.95. The van der Waals surface area contributed by atoms with Crippen molar-refractivity contribution >= 4 is 45.5 Å². The fourth-order valence-electron chi connectivity index (χ4n) is 3.62. The Hall–Kier alpha value is -2.08. The van der Waals surface area contributed by atoms with Crippen LogP contribution in [0.25, 0.3) is 10.9 Å². The first-order valence-corrected chi connectivity index (χ1v) is 9.38. The highest BCUT2D eigenvalue weighted by Gasteiger charge is 2.30. The number of H-pyrrole nitrogens is 1. The third-order valence-electron chi connectivity index (χ3n) is 5.01. The zero-order valence-electron chi connectivity index (χ0n) is 14.4. The van der Waals surface area contributed by atoms with E-state index in [-0.39, 0.29) is 12.6 Å². The molecule has 3 N–H and O–H groups in total. The van der Waals surface area contributed by atoms with E-state index in [9.17, 15) is 5.11 Å². The minimum atomic E-state index is -0.0469. The van der Waals surface area contributed by atoms with Crippen molar-refractivity contribution in [3.63, 3.8) is 0 Å². The maximum absolute atomic E-state index is 9.95. The van der Waals surface area contributed by atoms with Gasteiger partial charge in [-0.15, -0.1) is 0 Å². The molecule has 4 nitrogen and oxygen atoms in total. The summed E-state index contributed by atoms with van der Waals surface area (Å²) in [4.78, 5) is 5.56. The molecule has 2 heterocycles. The zero-order chi connectivity index (χ0) is 18.3. The average Bonchev–Trinajstić information content (AvgIpc) is 3.00. The van der Waals surface area contributed by atoms with Crippen LogP contribution in [-0.4, -0.2) is 32.8 Å². The van der Waals surface area contributed by atoms with Gasteiger partial charge in [-0.05, 0) is 61.0 Å². The molecule has 0 fully saturated rings. The van der Waals surface area contributed by atoms with Gasteiger partial charge in [-0.3, -0.25) is 0 Å². The standard InChI is InChI=1S/C20H20ClN3OS/c1-12-8-13(21)6-7-17(12)23-20(26)24-10-19-16(9-14(24)11-25)15-4-2-3-5-18(15)22-19/h2-8,14,22,25H,9-11H2,1H3,(H,23,26). The summed E-state index contributed by atoms with van der Waals surface area (Å²) < 4.78 is 0. The summed E-state index contributed by atoms with van der Waals surface area (Å²) in [6.45, 7) is 2.69. The van der Waals surface area contributed by atoms with E-state index in [0.717, 1.165) is 28.9 Å². The molecular formula is C20H20ClN3OS. The Kier molecular flexibility index (Phi) is 4.61. The normalized spacial score (nSPS) is 16.6. The topological polar surface area (TPSA) is 51.3 Å². The average molecular weight is 386 g/mol. The largest absolute Gasteiger partial charge is 0.394 e. The number of aliphatic hydroxyl groups excluding tert-OH is 1. The number of aromatic amines is 1. The van der Waals surface area contributed by atoms with E-state index in [4.69, 9.17) is 23.8 Å². The summed E-state index contributed by atoms with van der Waals surface area (Å²) in [6, 6.07) is 13.9. The quantitative estimate of drug-likeness (QED) is 0.577. The van der Waals surface area contributed by atoms with Crippen molar-refractivity contribution in [2.45, 2.75) is 25.9 Å². The molecule has 1 unspecified atom stereocenters. The van der Waals surface area contributed by atoms with Crippen molar-refractivity contribution in [3.05, 3.63) is 64.3 Å². The van der Waals surface area contributed by atoms with Gasteiger partial charge in [0.1, 0.15) is 0 Å². The van der Waals surface area contributed by atoms with Gasteiger partial charge in [0.2, 0.25) is 0 Å². The molecule has 6 heteroatoms. The van der Waals surface area contributed by atoms with Crippen LogP contribution in [0, 0.1) is 6.92 Å². The Morgan fingerprint density at radius 1 is 1.35 bits per heavy atom. The van der Waals surface area contributed by atoms with Crippen LogP contribution in [-0.2, 0) is 13.0 Å². The van der Waals surface area contributed by atoms with Crippen molar-refractivity contribution < 1.29 is 5.11 Å². The van der Waals surface area contributed by atoms with Crippen molar-refractivity contribution in [1.29, 1.82) is 0 Å². The number of nitrogens with one attached hydrogen (secondary N) is 2. The summed E-state index contributed by atoms with van der Waals surface area (Å²) >= 11 is 11.7. The second-order valence-corrected chi connectivity index (χ2v) is 7.51. The molecule has 1 aliphatic rings. The number of para-hydroxylation sites is 1. The third-order valence-corrected chi connectivity index (χ3v) is 5.58. The van der Waals surface area contributed by atoms with Crippen molar-refractivity contribution in [2.24, 2.45) is 0 Å². The number of aliphatic hydroxyl groups is 1. The van der Waals surface area contributed by atoms with Gasteiger partial charge in [-0.2, -0.15) is 0 Å². The van der Waals surface area contributed by atoms with E-state index >= 15 is 0 Å². The molecule has 1 aliphatic heterocycles. The maximum Gasteiger partial charge on any atom is 0.174 e. The molecule has 2 aromatic carbocycles. The molecule has 134 valence electrons. The third kappa shape index (κ3) is 3.07. The van der Waals surface area contributed by atoms with E-state index in [1.54, 1.807) is 0 Å². The molecule has 0 bridgehead atoms. The van der Waals surface area contributed by atoms with Crippen LogP contribution in [0.15, 0.2) is 42.5 Å². The lowest BCUT2D eigenvalue weighted by molar-refractivity contribution is 0.167. The number of hydrogen-bond donors (Lipinski definition) is 3. The lowest BCUT2D eigenvalue weighted by atomic mass is 9.97. The number of benzene rings is 2. The van der Waals surface area contributed by atoms with Crippen LogP contribution in [0.2, 0.25) is 5.02 Å². The Bertz CT molecular complexity index is 984. The van der Waals surface area contributed by atoms with Gasteiger partial charge in [0.15, 0.2) is 5.11 Å². The van der Waals surface area contributed by atoms with E-state index in [2.05, 4.69) is 27.3 Å². The summed E-state index contributed by atoms with van der Waals surface area (Å²) in [6.07, 6.45) is 0.761. The summed E-state index contributed by atoms with van der Waals surface area (Å²) in [5.74, 6) is 0. The van der Waals surface area contributed by atoms with Gasteiger partial charge in [0.05, 0.1) is 19.2 Å². The smallest absolute Gasteiger partial charge is 0.174 e. The van der Waals surface area contributed by atoms with E-state index in [0.29, 0.717) is 16.7 Å². The second-order valence-electron chi connectivity index (χ2n) is 6.69. The lowest BCUT2D eigenvalue weighted by Gasteiger charge is -2.36. The Balaban J connectivity index is 1.62. The minimum absolute atomic E-state index is 0.0469. The SMILES string of the molecule is Cc1cc(Cl)ccc1NC(=S)N1Cc2[nH]c3ccccc3c2CC1CO. The van der Waals surface area contributed by atoms with Crippen LogP contribution in [0.5, 0.6) is 0 Å². The van der Waals surface area contributed by atoms with Crippen LogP contribution in [0.4, 0.5) is 5.69 Å². The molecular weight excluding hydrogens is 366 g/mol. The van der Waals surface area contributed by atoms with Crippen LogP contribution in [0.3, 0.4) is 0 Å². The summed E-state index contributed by atoms with van der Waals surface area (Å²) in [5.41, 5.74) is 5.53. The molecule has 3 aromatic rings. The molecule has 0 amide bonds. The first-order valence-electron chi connectivity index (χ1n) is 8.60. The molecule has 0 spiro atoms. The molecule has 0 aliphatic carbocycles. The monoisotopic (exact) mass is 385 g/mol. The Morgan fingerprint density at radius 3 is 2.92 bits per heavy atom. The van der Waals surface area contributed by atoms with E-state index in [1.165, 1.54) is 10.9 Å². The predicted octanol–water partition coefficient (Wildman–Crippen LogP) is 4.25. The number of hydrogen-bond acceptors (Lipinski definition) is 2. The van der Waals surface area contributed by atoms with Crippen LogP contribution < -0.4 is 5.32 Å². The Labute approximate surface area is 162 Å². The fraction of sp³-hybridized carbons (Fsp3) is 0.250. The molecule has 0 saturated heterocycles. The van der Waals surface area contributed by atoms with Gasteiger partial charge in [-0.25, -0.2) is 0 Å². The van der Waals surface area contributed by atoms with Gasteiger partial charge >= 0.3 is 0 Å². The number of rotatable bonds is 2. The van der Waals surface area contributed by atoms with Crippen molar-refractivity contribution in [3.8, 4) is 0 Å². The van der Waals surface area contributed by atoms with Gasteiger partial charge < -0.3 is 20.3 Å². The number of aryl methyl sites for hydroxylation is 1. The molecule has 0 saturated carbocycles. The van der Waals surface area contributed by atoms with E-state index in [1.807, 2.05) is 37.3 Å². The number of thiocarbonyl (C=S) groups is 1. The predicted molar refractivity (Wildman–Crippen MR) is 111 cm³/mol. The molecule has 1 atom stereocenters. The van der Waals surface area contributed by atoms with E-state index < -0.39 is 0 Å². The van der Waals surface area contributed by atoms with Gasteiger partial charge in [0.25, 0.3) is 0 Å². The van der Waals surface area contributed by atoms with Crippen LogP contribution >= 0.6 is 23.8 Å². The summed E-state index contributed by atoms with van der Waals surface area (Å²) in [5, 5.41) is 15.8. The second kappa shape index (κ2) is 6.91. The number of aromatic nitrogens is 1. The van der Waals surface area contributed by atoms with Gasteiger partial charge in [-0.1, -0.05) is 29.8 Å². The number of nitrogens with zero attached hydrogens (tertiary/aromatic N) is 1. The number of fused-ring (bicyclic) bond motifs is 3. The molecule has 0 radical (unpaired) electrons. The molecule has 4 rings (SSSR count). The number of anilines is 1. The zero-order valence-corrected chi connectivity index (χ0v) is 16.0. The highest BCUT2D eigenvalue weighted by molar-refractivity contribution is 7.80. The van der Waals surface area contributed by atoms with Gasteiger partial charge in [0, 0.05) is 27.3 Å². The van der Waals surface area contributed by atoms with Crippen LogP contribution in [0.1, 0.15) is 16.8 Å². The fourth-order valence-corrected chi connectivity index (χ4v) is 4.17. The van der Waals surface area contributed by atoms with Crippen molar-refractivity contribution in [2.75, 3.05) is 11.9 Å². The lowest BCUT2D eigenvalue weighted by Crippen LogP contribution is -2.48. The number of halogens is 1. The first kappa shape index (κ1) is 17.3. The Morgan fingerprint density at radius 2 is 2.15 bits per heavy atom. The van der Waals surface area contributed by atoms with Crippen molar-refractivity contribution in [1.82, 2.24) is 9.88 Å². The highest BCUT2D eigenvalue weighted by Crippen LogP contribution is 2.31. The minimum Gasteiger partial charge on any atom is -0.394 e. The summed E-state index contributed by atoms with van der Waals surface area (Å²) in [7, 11) is 0. The highest BCUT2D eigenvalue weighted by atomic mass is 35.5. The molecule has 1 aromatic heterocycles. The molecule has 26 heavy (non-hydrogen) atoms.